The smallest absolute Gasteiger partial charge is 0.116 e. The van der Waals surface area contributed by atoms with E-state index in [1.54, 1.807) is 6.07 Å². The fraction of sp³-hybridized carbons (Fsp3) is 0. The Kier molecular flexibility index (Phi) is 2.42. The van der Waals surface area contributed by atoms with Crippen molar-refractivity contribution in [1.82, 2.24) is 0 Å². The second kappa shape index (κ2) is 4.47. The van der Waals surface area contributed by atoms with Crippen molar-refractivity contribution >= 4 is 43.1 Å². The minimum absolute atomic E-state index is 0.309. The molecule has 0 atom stereocenters. The normalized spacial score (nSPS) is 11.7. The average molecular weight is 294 g/mol. The maximum absolute atomic E-state index is 9.84. The Morgan fingerprint density at radius 1 is 0.435 bits per heavy atom. The Morgan fingerprint density at radius 3 is 1.74 bits per heavy atom. The number of phenols is 1. The summed E-state index contributed by atoms with van der Waals surface area (Å²) in [5.74, 6) is 0.309. The highest BCUT2D eigenvalue weighted by molar-refractivity contribution is 6.22. The summed E-state index contributed by atoms with van der Waals surface area (Å²) in [5.41, 5.74) is 0. The molecular weight excluding hydrogens is 280 g/mol. The molecule has 0 saturated carbocycles. The third kappa shape index (κ3) is 1.74. The zero-order chi connectivity index (χ0) is 15.4. The maximum atomic E-state index is 9.84. The standard InChI is InChI=1S/C22H14O/c23-16-8-5-15-7-10-20-19-9-6-14-3-1-2-4-17(14)18(19)11-12-21(20)22(15)13-16/h1-13,23H. The van der Waals surface area contributed by atoms with Crippen LogP contribution in [0.5, 0.6) is 5.75 Å². The molecule has 23 heavy (non-hydrogen) atoms. The zero-order valence-corrected chi connectivity index (χ0v) is 12.5. The molecule has 5 rings (SSSR count). The first-order valence-corrected chi connectivity index (χ1v) is 7.77. The first kappa shape index (κ1) is 12.5. The van der Waals surface area contributed by atoms with Crippen LogP contribution in [0.3, 0.4) is 0 Å². The van der Waals surface area contributed by atoms with Crippen molar-refractivity contribution in [3.05, 3.63) is 78.9 Å². The molecule has 0 amide bonds. The first-order valence-electron chi connectivity index (χ1n) is 7.77. The lowest BCUT2D eigenvalue weighted by atomic mass is 9.94. The molecule has 0 aromatic heterocycles. The molecule has 108 valence electrons. The van der Waals surface area contributed by atoms with Gasteiger partial charge in [-0.25, -0.2) is 0 Å². The Hall–Kier alpha value is -3.06. The molecule has 1 heteroatoms. The molecule has 0 fully saturated rings. The van der Waals surface area contributed by atoms with Crippen molar-refractivity contribution in [2.75, 3.05) is 0 Å². The van der Waals surface area contributed by atoms with E-state index >= 15 is 0 Å². The Bertz CT molecular complexity index is 1220. The van der Waals surface area contributed by atoms with E-state index in [2.05, 4.69) is 60.7 Å². The molecule has 0 aliphatic carbocycles. The zero-order valence-electron chi connectivity index (χ0n) is 12.5. The molecule has 0 saturated heterocycles. The second-order valence-electron chi connectivity index (χ2n) is 6.01. The maximum Gasteiger partial charge on any atom is 0.116 e. The second-order valence-corrected chi connectivity index (χ2v) is 6.01. The number of fused-ring (bicyclic) bond motifs is 7. The SMILES string of the molecule is Oc1ccc2ccc3c(ccc4c5ccccc5ccc43)c2c1. The van der Waals surface area contributed by atoms with Crippen molar-refractivity contribution < 1.29 is 5.11 Å². The molecule has 1 N–H and O–H groups in total. The monoisotopic (exact) mass is 294 g/mol. The fourth-order valence-corrected chi connectivity index (χ4v) is 3.62. The van der Waals surface area contributed by atoms with Crippen LogP contribution in [-0.4, -0.2) is 5.11 Å². The Morgan fingerprint density at radius 2 is 0.957 bits per heavy atom. The van der Waals surface area contributed by atoms with Crippen molar-refractivity contribution in [3.63, 3.8) is 0 Å². The van der Waals surface area contributed by atoms with Crippen LogP contribution >= 0.6 is 0 Å². The van der Waals surface area contributed by atoms with Crippen molar-refractivity contribution in [3.8, 4) is 5.75 Å². The number of rotatable bonds is 0. The molecule has 5 aromatic rings. The van der Waals surface area contributed by atoms with Gasteiger partial charge in [0.1, 0.15) is 5.75 Å². The number of hydrogen-bond donors (Lipinski definition) is 1. The van der Waals surface area contributed by atoms with E-state index in [-0.39, 0.29) is 0 Å². The molecule has 0 radical (unpaired) electrons. The van der Waals surface area contributed by atoms with Gasteiger partial charge in [0.2, 0.25) is 0 Å². The lowest BCUT2D eigenvalue weighted by molar-refractivity contribution is 0.476. The summed E-state index contributed by atoms with van der Waals surface area (Å²) in [4.78, 5) is 0. The first-order chi connectivity index (χ1) is 11.3. The Labute approximate surface area is 133 Å². The molecule has 1 nitrogen and oxygen atoms in total. The summed E-state index contributed by atoms with van der Waals surface area (Å²) >= 11 is 0. The molecule has 0 bridgehead atoms. The minimum Gasteiger partial charge on any atom is -0.508 e. The fourth-order valence-electron chi connectivity index (χ4n) is 3.62. The van der Waals surface area contributed by atoms with Crippen LogP contribution in [0.15, 0.2) is 78.9 Å². The van der Waals surface area contributed by atoms with E-state index in [1.165, 1.54) is 32.3 Å². The Balaban J connectivity index is 2.02. The van der Waals surface area contributed by atoms with Crippen LogP contribution in [0.2, 0.25) is 0 Å². The topological polar surface area (TPSA) is 20.2 Å². The molecule has 0 spiro atoms. The highest BCUT2D eigenvalue weighted by Crippen LogP contribution is 2.35. The summed E-state index contributed by atoms with van der Waals surface area (Å²) in [6, 6.07) is 27.1. The summed E-state index contributed by atoms with van der Waals surface area (Å²) in [6.07, 6.45) is 0. The average Bonchev–Trinajstić information content (AvgIpc) is 2.60. The van der Waals surface area contributed by atoms with Crippen LogP contribution in [0.4, 0.5) is 0 Å². The van der Waals surface area contributed by atoms with Gasteiger partial charge >= 0.3 is 0 Å². The van der Waals surface area contributed by atoms with E-state index in [9.17, 15) is 5.11 Å². The predicted octanol–water partition coefficient (Wildman–Crippen LogP) is 6.01. The highest BCUT2D eigenvalue weighted by atomic mass is 16.3. The lowest BCUT2D eigenvalue weighted by Crippen LogP contribution is -1.82. The highest BCUT2D eigenvalue weighted by Gasteiger charge is 2.07. The summed E-state index contributed by atoms with van der Waals surface area (Å²) in [7, 11) is 0. The van der Waals surface area contributed by atoms with E-state index in [0.717, 1.165) is 10.8 Å². The number of benzene rings is 5. The van der Waals surface area contributed by atoms with Gasteiger partial charge in [-0.3, -0.25) is 0 Å². The minimum atomic E-state index is 0.309. The molecule has 0 aliphatic rings. The van der Waals surface area contributed by atoms with Crippen LogP contribution in [0.25, 0.3) is 43.1 Å². The van der Waals surface area contributed by atoms with Crippen molar-refractivity contribution in [2.24, 2.45) is 0 Å². The van der Waals surface area contributed by atoms with E-state index in [0.29, 0.717) is 5.75 Å². The van der Waals surface area contributed by atoms with Gasteiger partial charge in [-0.1, -0.05) is 66.7 Å². The van der Waals surface area contributed by atoms with E-state index < -0.39 is 0 Å². The third-order valence-corrected chi connectivity index (χ3v) is 4.72. The van der Waals surface area contributed by atoms with E-state index in [1.807, 2.05) is 12.1 Å². The van der Waals surface area contributed by atoms with Crippen molar-refractivity contribution in [1.29, 1.82) is 0 Å². The van der Waals surface area contributed by atoms with Crippen LogP contribution in [0, 0.1) is 0 Å². The van der Waals surface area contributed by atoms with Gasteiger partial charge in [0.15, 0.2) is 0 Å². The summed E-state index contributed by atoms with van der Waals surface area (Å²) < 4.78 is 0. The van der Waals surface area contributed by atoms with Gasteiger partial charge < -0.3 is 5.11 Å². The molecule has 5 aromatic carbocycles. The lowest BCUT2D eigenvalue weighted by Gasteiger charge is -2.10. The third-order valence-electron chi connectivity index (χ3n) is 4.72. The van der Waals surface area contributed by atoms with E-state index in [4.69, 9.17) is 0 Å². The molecule has 0 unspecified atom stereocenters. The number of hydrogen-bond acceptors (Lipinski definition) is 1. The van der Waals surface area contributed by atoms with Crippen LogP contribution in [-0.2, 0) is 0 Å². The quantitative estimate of drug-likeness (QED) is 0.347. The molecule has 0 aliphatic heterocycles. The van der Waals surface area contributed by atoms with Crippen molar-refractivity contribution in [2.45, 2.75) is 0 Å². The van der Waals surface area contributed by atoms with Crippen LogP contribution in [0.1, 0.15) is 0 Å². The number of aromatic hydroxyl groups is 1. The van der Waals surface area contributed by atoms with Gasteiger partial charge in [0.25, 0.3) is 0 Å². The van der Waals surface area contributed by atoms with Gasteiger partial charge in [-0.05, 0) is 55.2 Å². The molecular formula is C22H14O. The molecule has 0 heterocycles. The van der Waals surface area contributed by atoms with Gasteiger partial charge in [-0.15, -0.1) is 0 Å². The van der Waals surface area contributed by atoms with Gasteiger partial charge in [0.05, 0.1) is 0 Å². The summed E-state index contributed by atoms with van der Waals surface area (Å²) in [6.45, 7) is 0. The summed E-state index contributed by atoms with van der Waals surface area (Å²) in [5, 5.41) is 19.6. The predicted molar refractivity (Wildman–Crippen MR) is 98.1 cm³/mol. The van der Waals surface area contributed by atoms with Gasteiger partial charge in [0, 0.05) is 0 Å². The largest absolute Gasteiger partial charge is 0.508 e. The van der Waals surface area contributed by atoms with Crippen LogP contribution < -0.4 is 0 Å². The number of phenolic OH excluding ortho intramolecular Hbond substituents is 1. The van der Waals surface area contributed by atoms with Gasteiger partial charge in [-0.2, -0.15) is 0 Å².